The first-order valence-corrected chi connectivity index (χ1v) is 7.62. The number of benzene rings is 1. The van der Waals surface area contributed by atoms with E-state index in [1.807, 2.05) is 18.7 Å². The number of nitrogens with zero attached hydrogens (tertiary/aromatic N) is 2. The minimum absolute atomic E-state index is 0.0463. The number of hydrogen-bond acceptors (Lipinski definition) is 5. The molecule has 0 spiro atoms. The Morgan fingerprint density at radius 1 is 1.18 bits per heavy atom. The number of nitrogens with two attached hydrogens (primary N) is 1. The lowest BCUT2D eigenvalue weighted by Gasteiger charge is -2.37. The molecule has 2 aliphatic rings. The summed E-state index contributed by atoms with van der Waals surface area (Å²) in [5.74, 6) is 1.39. The lowest BCUT2D eigenvalue weighted by Crippen LogP contribution is -2.54. The van der Waals surface area contributed by atoms with Gasteiger partial charge in [0.05, 0.1) is 0 Å². The number of carbonyl (C=O) groups is 1. The van der Waals surface area contributed by atoms with Gasteiger partial charge in [-0.1, -0.05) is 0 Å². The molecule has 0 aromatic heterocycles. The van der Waals surface area contributed by atoms with Crippen molar-refractivity contribution in [2.45, 2.75) is 19.4 Å². The molecule has 3 rings (SSSR count). The minimum Gasteiger partial charge on any atom is -0.454 e. The summed E-state index contributed by atoms with van der Waals surface area (Å²) in [4.78, 5) is 16.8. The molecule has 2 heterocycles. The van der Waals surface area contributed by atoms with Gasteiger partial charge in [-0.15, -0.1) is 0 Å². The predicted molar refractivity (Wildman–Crippen MR) is 83.2 cm³/mol. The SMILES string of the molecule is CC(C)(N)CN1CCN(C(=O)c2ccc3c(c2)OCO3)CC1. The Bertz CT molecular complexity index is 560. The summed E-state index contributed by atoms with van der Waals surface area (Å²) in [6.45, 7) is 8.29. The smallest absolute Gasteiger partial charge is 0.254 e. The Morgan fingerprint density at radius 2 is 1.86 bits per heavy atom. The highest BCUT2D eigenvalue weighted by molar-refractivity contribution is 5.95. The summed E-state index contributed by atoms with van der Waals surface area (Å²) >= 11 is 0. The van der Waals surface area contributed by atoms with Crippen LogP contribution in [-0.4, -0.2) is 60.8 Å². The highest BCUT2D eigenvalue weighted by Crippen LogP contribution is 2.32. The van der Waals surface area contributed by atoms with E-state index < -0.39 is 0 Å². The van der Waals surface area contributed by atoms with E-state index >= 15 is 0 Å². The molecule has 22 heavy (non-hydrogen) atoms. The average molecular weight is 305 g/mol. The van der Waals surface area contributed by atoms with Gasteiger partial charge in [0.1, 0.15) is 0 Å². The van der Waals surface area contributed by atoms with Crippen molar-refractivity contribution < 1.29 is 14.3 Å². The van der Waals surface area contributed by atoms with Crippen LogP contribution < -0.4 is 15.2 Å². The lowest BCUT2D eigenvalue weighted by molar-refractivity contribution is 0.0615. The van der Waals surface area contributed by atoms with E-state index in [2.05, 4.69) is 4.90 Å². The summed E-state index contributed by atoms with van der Waals surface area (Å²) in [5, 5.41) is 0. The molecule has 1 amide bonds. The molecule has 6 heteroatoms. The van der Waals surface area contributed by atoms with E-state index in [1.54, 1.807) is 18.2 Å². The van der Waals surface area contributed by atoms with Crippen LogP contribution in [0.1, 0.15) is 24.2 Å². The second kappa shape index (κ2) is 5.78. The van der Waals surface area contributed by atoms with Gasteiger partial charge in [0.25, 0.3) is 5.91 Å². The Kier molecular flexibility index (Phi) is 3.97. The van der Waals surface area contributed by atoms with Gasteiger partial charge in [0.2, 0.25) is 6.79 Å². The summed E-state index contributed by atoms with van der Waals surface area (Å²) in [5.41, 5.74) is 6.50. The van der Waals surface area contributed by atoms with Crippen molar-refractivity contribution in [3.05, 3.63) is 23.8 Å². The van der Waals surface area contributed by atoms with Crippen molar-refractivity contribution in [1.82, 2.24) is 9.80 Å². The summed E-state index contributed by atoms with van der Waals surface area (Å²) < 4.78 is 10.6. The molecule has 1 fully saturated rings. The van der Waals surface area contributed by atoms with Crippen LogP contribution in [0.2, 0.25) is 0 Å². The highest BCUT2D eigenvalue weighted by Gasteiger charge is 2.26. The van der Waals surface area contributed by atoms with Crippen molar-refractivity contribution >= 4 is 5.91 Å². The number of hydrogen-bond donors (Lipinski definition) is 1. The number of carbonyl (C=O) groups excluding carboxylic acids is 1. The molecule has 2 N–H and O–H groups in total. The second-order valence-electron chi connectivity index (χ2n) is 6.62. The van der Waals surface area contributed by atoms with E-state index in [0.717, 1.165) is 32.7 Å². The summed E-state index contributed by atoms with van der Waals surface area (Å²) in [6, 6.07) is 5.36. The van der Waals surface area contributed by atoms with Gasteiger partial charge in [-0.25, -0.2) is 0 Å². The molecule has 0 atom stereocenters. The van der Waals surface area contributed by atoms with Gasteiger partial charge in [-0.2, -0.15) is 0 Å². The molecule has 1 aromatic rings. The Hall–Kier alpha value is -1.79. The number of fused-ring (bicyclic) bond motifs is 1. The van der Waals surface area contributed by atoms with Crippen LogP contribution in [0.15, 0.2) is 18.2 Å². The van der Waals surface area contributed by atoms with Crippen molar-refractivity contribution in [3.63, 3.8) is 0 Å². The number of piperazine rings is 1. The molecular weight excluding hydrogens is 282 g/mol. The zero-order chi connectivity index (χ0) is 15.7. The molecule has 6 nitrogen and oxygen atoms in total. The first kappa shape index (κ1) is 15.1. The maximum absolute atomic E-state index is 12.6. The topological polar surface area (TPSA) is 68.0 Å². The fourth-order valence-corrected chi connectivity index (χ4v) is 2.90. The normalized spacial score (nSPS) is 18.6. The fourth-order valence-electron chi connectivity index (χ4n) is 2.90. The summed E-state index contributed by atoms with van der Waals surface area (Å²) in [6.07, 6.45) is 0. The Morgan fingerprint density at radius 3 is 2.55 bits per heavy atom. The van der Waals surface area contributed by atoms with Gasteiger partial charge in [0, 0.05) is 43.8 Å². The van der Waals surface area contributed by atoms with E-state index in [9.17, 15) is 4.79 Å². The average Bonchev–Trinajstić information content (AvgIpc) is 2.93. The molecule has 1 aromatic carbocycles. The zero-order valence-electron chi connectivity index (χ0n) is 13.2. The third-order valence-corrected chi connectivity index (χ3v) is 3.91. The van der Waals surface area contributed by atoms with Crippen LogP contribution in [0.3, 0.4) is 0 Å². The highest BCUT2D eigenvalue weighted by atomic mass is 16.7. The molecule has 0 saturated carbocycles. The third-order valence-electron chi connectivity index (χ3n) is 3.91. The van der Waals surface area contributed by atoms with Crippen LogP contribution in [-0.2, 0) is 0 Å². The minimum atomic E-state index is -0.205. The quantitative estimate of drug-likeness (QED) is 0.899. The number of amides is 1. The van der Waals surface area contributed by atoms with Crippen LogP contribution >= 0.6 is 0 Å². The van der Waals surface area contributed by atoms with E-state index in [1.165, 1.54) is 0 Å². The standard InChI is InChI=1S/C16H23N3O3/c1-16(2,17)10-18-5-7-19(8-6-18)15(20)12-3-4-13-14(9-12)22-11-21-13/h3-4,9H,5-8,10-11,17H2,1-2H3. The third kappa shape index (κ3) is 3.34. The molecule has 120 valence electrons. The second-order valence-corrected chi connectivity index (χ2v) is 6.62. The van der Waals surface area contributed by atoms with Crippen LogP contribution in [0.4, 0.5) is 0 Å². The number of rotatable bonds is 3. The molecule has 0 bridgehead atoms. The molecule has 0 unspecified atom stereocenters. The Labute approximate surface area is 130 Å². The largest absolute Gasteiger partial charge is 0.454 e. The lowest BCUT2D eigenvalue weighted by atomic mass is 10.1. The first-order chi connectivity index (χ1) is 10.4. The molecule has 1 saturated heterocycles. The molecular formula is C16H23N3O3. The van der Waals surface area contributed by atoms with Gasteiger partial charge >= 0.3 is 0 Å². The summed E-state index contributed by atoms with van der Waals surface area (Å²) in [7, 11) is 0. The van der Waals surface area contributed by atoms with Crippen molar-refractivity contribution in [2.75, 3.05) is 39.5 Å². The van der Waals surface area contributed by atoms with Crippen LogP contribution in [0, 0.1) is 0 Å². The van der Waals surface area contributed by atoms with Gasteiger partial charge < -0.3 is 20.1 Å². The predicted octanol–water partition coefficient (Wildman–Crippen LogP) is 0.910. The van der Waals surface area contributed by atoms with Gasteiger partial charge in [-0.05, 0) is 32.0 Å². The fraction of sp³-hybridized carbons (Fsp3) is 0.562. The maximum atomic E-state index is 12.6. The van der Waals surface area contributed by atoms with Crippen LogP contribution in [0.25, 0.3) is 0 Å². The zero-order valence-corrected chi connectivity index (χ0v) is 13.2. The van der Waals surface area contributed by atoms with Crippen molar-refractivity contribution in [1.29, 1.82) is 0 Å². The van der Waals surface area contributed by atoms with E-state index in [-0.39, 0.29) is 18.2 Å². The van der Waals surface area contributed by atoms with Crippen molar-refractivity contribution in [2.24, 2.45) is 5.73 Å². The van der Waals surface area contributed by atoms with E-state index in [0.29, 0.717) is 17.1 Å². The monoisotopic (exact) mass is 305 g/mol. The van der Waals surface area contributed by atoms with Gasteiger partial charge in [0.15, 0.2) is 11.5 Å². The van der Waals surface area contributed by atoms with E-state index in [4.69, 9.17) is 15.2 Å². The van der Waals surface area contributed by atoms with Crippen LogP contribution in [0.5, 0.6) is 11.5 Å². The molecule has 0 aliphatic carbocycles. The van der Waals surface area contributed by atoms with Crippen molar-refractivity contribution in [3.8, 4) is 11.5 Å². The first-order valence-electron chi connectivity index (χ1n) is 7.62. The maximum Gasteiger partial charge on any atom is 0.254 e. The molecule has 2 aliphatic heterocycles. The Balaban J connectivity index is 1.60. The van der Waals surface area contributed by atoms with Gasteiger partial charge in [-0.3, -0.25) is 9.69 Å². The molecule has 0 radical (unpaired) electrons. The number of ether oxygens (including phenoxy) is 2.